The van der Waals surface area contributed by atoms with Gasteiger partial charge >= 0.3 is 7.82 Å². The molecule has 9 heteroatoms. The fourth-order valence-electron chi connectivity index (χ4n) is 8.19. The molecule has 0 heterocycles. The Labute approximate surface area is 404 Å². The van der Waals surface area contributed by atoms with Crippen LogP contribution in [-0.2, 0) is 18.4 Å². The van der Waals surface area contributed by atoms with E-state index in [0.717, 1.165) is 44.9 Å². The number of amides is 1. The van der Waals surface area contributed by atoms with Crippen molar-refractivity contribution >= 4 is 13.7 Å². The smallest absolute Gasteiger partial charge is 0.387 e. The normalized spacial score (nSPS) is 14.3. The van der Waals surface area contributed by atoms with Crippen LogP contribution in [0.3, 0.4) is 0 Å². The summed E-state index contributed by atoms with van der Waals surface area (Å²) in [5.74, 6) is -0.174. The Kier molecular flexibility index (Phi) is 46.8. The second-order valence-corrected chi connectivity index (χ2v) is 21.8. The van der Waals surface area contributed by atoms with Gasteiger partial charge in [-0.15, -0.1) is 0 Å². The molecule has 0 aromatic carbocycles. The summed E-state index contributed by atoms with van der Waals surface area (Å²) >= 11 is 0. The lowest BCUT2D eigenvalue weighted by atomic mass is 10.0. The highest BCUT2D eigenvalue weighted by Crippen LogP contribution is 2.43. The third kappa shape index (κ3) is 50.4. The molecule has 0 aliphatic carbocycles. The van der Waals surface area contributed by atoms with Crippen LogP contribution in [0.5, 0.6) is 0 Å². The van der Waals surface area contributed by atoms with Crippen LogP contribution < -0.4 is 5.32 Å². The highest BCUT2D eigenvalue weighted by Gasteiger charge is 2.27. The van der Waals surface area contributed by atoms with Gasteiger partial charge in [-0.25, -0.2) is 4.57 Å². The van der Waals surface area contributed by atoms with Crippen LogP contribution in [0.4, 0.5) is 0 Å². The van der Waals surface area contributed by atoms with E-state index in [1.165, 1.54) is 199 Å². The highest BCUT2D eigenvalue weighted by atomic mass is 31.2. The number of quaternary nitrogens is 1. The number of aliphatic hydroxyl groups excluding tert-OH is 1. The maximum Gasteiger partial charge on any atom is 0.472 e. The van der Waals surface area contributed by atoms with Crippen molar-refractivity contribution in [2.24, 2.45) is 0 Å². The largest absolute Gasteiger partial charge is 0.472 e. The lowest BCUT2D eigenvalue weighted by Gasteiger charge is -2.25. The van der Waals surface area contributed by atoms with E-state index in [2.05, 4.69) is 43.5 Å². The molecule has 65 heavy (non-hydrogen) atoms. The molecule has 0 aliphatic heterocycles. The molecule has 3 N–H and O–H groups in total. The summed E-state index contributed by atoms with van der Waals surface area (Å²) in [7, 11) is 1.58. The standard InChI is InChI=1S/C56H109N2O6P/c1-6-8-10-12-14-16-18-20-22-23-24-25-26-27-28-29-30-31-32-33-34-35-36-38-40-42-44-46-48-50-56(60)57-54(53-64-65(61,62)63-52-51-58(3,4)5)55(59)49-47-45-43-41-39-37-21-19-17-15-13-11-9-7-2/h18,20,23-24,47,49,54-55,59H,6-17,19,21-22,25-46,48,50-53H2,1-5H3,(H-,57,60,61,62)/p+1/b20-18-,24-23-,49-47+. The maximum atomic E-state index is 12.9. The number of hydrogen-bond donors (Lipinski definition) is 3. The maximum absolute atomic E-state index is 12.9. The topological polar surface area (TPSA) is 105 Å². The van der Waals surface area contributed by atoms with Crippen molar-refractivity contribution in [2.45, 2.75) is 276 Å². The first-order valence-corrected chi connectivity index (χ1v) is 29.4. The second kappa shape index (κ2) is 47.8. The van der Waals surface area contributed by atoms with Crippen LogP contribution >= 0.6 is 7.82 Å². The number of carbonyl (C=O) groups excluding carboxylic acids is 1. The fourth-order valence-corrected chi connectivity index (χ4v) is 8.93. The fraction of sp³-hybridized carbons (Fsp3) is 0.875. The number of unbranched alkanes of at least 4 members (excludes halogenated alkanes) is 34. The quantitative estimate of drug-likeness (QED) is 0.0243. The van der Waals surface area contributed by atoms with E-state index in [1.807, 2.05) is 27.2 Å². The molecule has 0 aromatic rings. The number of carbonyl (C=O) groups is 1. The predicted octanol–water partition coefficient (Wildman–Crippen LogP) is 16.6. The third-order valence-corrected chi connectivity index (χ3v) is 13.6. The van der Waals surface area contributed by atoms with E-state index >= 15 is 0 Å². The third-order valence-electron chi connectivity index (χ3n) is 12.6. The summed E-state index contributed by atoms with van der Waals surface area (Å²) in [4.78, 5) is 23.2. The molecular formula is C56H110N2O6P+. The van der Waals surface area contributed by atoms with Crippen LogP contribution in [0.1, 0.15) is 264 Å². The summed E-state index contributed by atoms with van der Waals surface area (Å²) in [6, 6.07) is -0.844. The zero-order chi connectivity index (χ0) is 47.8. The molecule has 0 saturated carbocycles. The molecule has 8 nitrogen and oxygen atoms in total. The van der Waals surface area contributed by atoms with Crippen LogP contribution in [0.25, 0.3) is 0 Å². The Hall–Kier alpha value is -1.28. The number of nitrogens with one attached hydrogen (secondary N) is 1. The van der Waals surface area contributed by atoms with E-state index in [4.69, 9.17) is 9.05 Å². The minimum absolute atomic E-state index is 0.0627. The number of rotatable bonds is 51. The van der Waals surface area contributed by atoms with E-state index in [1.54, 1.807) is 6.08 Å². The van der Waals surface area contributed by atoms with E-state index in [-0.39, 0.29) is 19.1 Å². The minimum atomic E-state index is -4.34. The molecule has 0 radical (unpaired) electrons. The van der Waals surface area contributed by atoms with Gasteiger partial charge in [0.2, 0.25) is 5.91 Å². The van der Waals surface area contributed by atoms with E-state index < -0.39 is 20.0 Å². The molecule has 0 bridgehead atoms. The van der Waals surface area contributed by atoms with Crippen molar-refractivity contribution in [2.75, 3.05) is 40.9 Å². The molecule has 0 saturated heterocycles. The number of phosphoric acid groups is 1. The van der Waals surface area contributed by atoms with Gasteiger partial charge in [0.25, 0.3) is 0 Å². The first-order valence-electron chi connectivity index (χ1n) is 27.9. The molecule has 0 aliphatic rings. The molecule has 1 amide bonds. The van der Waals surface area contributed by atoms with Crippen LogP contribution in [-0.4, -0.2) is 73.4 Å². The van der Waals surface area contributed by atoms with Gasteiger partial charge in [-0.1, -0.05) is 243 Å². The monoisotopic (exact) mass is 938 g/mol. The average molecular weight is 938 g/mol. The number of likely N-dealkylation sites (N-methyl/N-ethyl adjacent to an activating group) is 1. The Balaban J connectivity index is 4.10. The molecular weight excluding hydrogens is 828 g/mol. The van der Waals surface area contributed by atoms with Gasteiger partial charge in [-0.05, 0) is 51.4 Å². The predicted molar refractivity (Wildman–Crippen MR) is 281 cm³/mol. The number of nitrogens with zero attached hydrogens (tertiary/aromatic N) is 1. The SMILES string of the molecule is CCCCCCC/C=C\C/C=C\CCCCCCCCCCCCCCCCCCCC(=O)NC(COP(=O)(O)OCC[N+](C)(C)C)C(O)/C=C/CCCCCCCCCCCCCC. The molecule has 3 unspecified atom stereocenters. The van der Waals surface area contributed by atoms with Gasteiger partial charge < -0.3 is 19.8 Å². The molecule has 0 aromatic heterocycles. The Morgan fingerprint density at radius 3 is 1.26 bits per heavy atom. The zero-order valence-electron chi connectivity index (χ0n) is 43.7. The number of phosphoric ester groups is 1. The van der Waals surface area contributed by atoms with Crippen molar-refractivity contribution in [3.8, 4) is 0 Å². The summed E-state index contributed by atoms with van der Waals surface area (Å²) in [5, 5.41) is 13.9. The van der Waals surface area contributed by atoms with Crippen LogP contribution in [0.2, 0.25) is 0 Å². The average Bonchev–Trinajstić information content (AvgIpc) is 3.26. The minimum Gasteiger partial charge on any atom is -0.387 e. The molecule has 0 fully saturated rings. The highest BCUT2D eigenvalue weighted by molar-refractivity contribution is 7.47. The summed E-state index contributed by atoms with van der Waals surface area (Å²) in [6.45, 7) is 4.82. The van der Waals surface area contributed by atoms with Gasteiger partial charge in [0.1, 0.15) is 13.2 Å². The number of hydrogen-bond acceptors (Lipinski definition) is 5. The molecule has 0 spiro atoms. The van der Waals surface area contributed by atoms with Gasteiger partial charge in [-0.3, -0.25) is 13.8 Å². The Bertz CT molecular complexity index is 1150. The Morgan fingerprint density at radius 1 is 0.523 bits per heavy atom. The van der Waals surface area contributed by atoms with Gasteiger partial charge in [0.05, 0.1) is 39.9 Å². The summed E-state index contributed by atoms with van der Waals surface area (Å²) < 4.78 is 23.7. The lowest BCUT2D eigenvalue weighted by Crippen LogP contribution is -2.45. The Morgan fingerprint density at radius 2 is 0.877 bits per heavy atom. The first-order chi connectivity index (χ1) is 31.5. The lowest BCUT2D eigenvalue weighted by molar-refractivity contribution is -0.870. The van der Waals surface area contributed by atoms with Gasteiger partial charge in [-0.2, -0.15) is 0 Å². The van der Waals surface area contributed by atoms with E-state index in [9.17, 15) is 19.4 Å². The first kappa shape index (κ1) is 63.7. The molecule has 384 valence electrons. The number of allylic oxidation sites excluding steroid dienone is 5. The van der Waals surface area contributed by atoms with Crippen molar-refractivity contribution in [3.05, 3.63) is 36.5 Å². The van der Waals surface area contributed by atoms with Crippen molar-refractivity contribution in [3.63, 3.8) is 0 Å². The van der Waals surface area contributed by atoms with Crippen molar-refractivity contribution < 1.29 is 32.9 Å². The van der Waals surface area contributed by atoms with Crippen molar-refractivity contribution in [1.82, 2.24) is 5.32 Å². The van der Waals surface area contributed by atoms with Gasteiger partial charge in [0.15, 0.2) is 0 Å². The molecule has 0 rings (SSSR count). The van der Waals surface area contributed by atoms with Crippen molar-refractivity contribution in [1.29, 1.82) is 0 Å². The number of aliphatic hydroxyl groups is 1. The summed E-state index contributed by atoms with van der Waals surface area (Å²) in [5.41, 5.74) is 0. The van der Waals surface area contributed by atoms with E-state index in [0.29, 0.717) is 17.4 Å². The zero-order valence-corrected chi connectivity index (χ0v) is 44.6. The van der Waals surface area contributed by atoms with Crippen LogP contribution in [0, 0.1) is 0 Å². The van der Waals surface area contributed by atoms with Gasteiger partial charge in [0, 0.05) is 6.42 Å². The summed E-state index contributed by atoms with van der Waals surface area (Å²) in [6.07, 6.45) is 61.0. The second-order valence-electron chi connectivity index (χ2n) is 20.3. The molecule has 3 atom stereocenters. The van der Waals surface area contributed by atoms with Crippen LogP contribution in [0.15, 0.2) is 36.5 Å².